The normalized spacial score (nSPS) is 23.7. The molecule has 2 fully saturated rings. The third-order valence-corrected chi connectivity index (χ3v) is 4.97. The highest BCUT2D eigenvalue weighted by atomic mass is 16.2. The Morgan fingerprint density at radius 3 is 2.23 bits per heavy atom. The van der Waals surface area contributed by atoms with Crippen molar-refractivity contribution in [3.63, 3.8) is 0 Å². The van der Waals surface area contributed by atoms with Gasteiger partial charge in [0.25, 0.3) is 0 Å². The van der Waals surface area contributed by atoms with E-state index >= 15 is 0 Å². The van der Waals surface area contributed by atoms with Crippen molar-refractivity contribution in [2.45, 2.75) is 56.7 Å². The molecule has 3 atom stereocenters. The third-order valence-electron chi connectivity index (χ3n) is 4.97. The molecular weight excluding hydrogens is 338 g/mol. The molecule has 0 unspecified atom stereocenters. The van der Waals surface area contributed by atoms with Crippen molar-refractivity contribution < 1.29 is 14.4 Å². The quantitative estimate of drug-likeness (QED) is 0.226. The van der Waals surface area contributed by atoms with Crippen LogP contribution in [-0.2, 0) is 14.4 Å². The molecule has 146 valence electrons. The summed E-state index contributed by atoms with van der Waals surface area (Å²) >= 11 is 0. The largest absolute Gasteiger partial charge is 0.370 e. The van der Waals surface area contributed by atoms with Crippen molar-refractivity contribution >= 4 is 23.7 Å². The second kappa shape index (κ2) is 8.84. The summed E-state index contributed by atoms with van der Waals surface area (Å²) in [6.45, 7) is 1.39. The van der Waals surface area contributed by atoms with Crippen LogP contribution in [0.25, 0.3) is 0 Å². The fraction of sp³-hybridized carbons (Fsp3) is 0.750. The first-order valence-electron chi connectivity index (χ1n) is 9.04. The van der Waals surface area contributed by atoms with E-state index in [9.17, 15) is 14.4 Å². The van der Waals surface area contributed by atoms with Crippen molar-refractivity contribution in [1.82, 2.24) is 9.80 Å². The summed E-state index contributed by atoms with van der Waals surface area (Å²) in [7, 11) is 0. The van der Waals surface area contributed by atoms with E-state index in [2.05, 4.69) is 4.99 Å². The first kappa shape index (κ1) is 20.0. The van der Waals surface area contributed by atoms with Gasteiger partial charge in [0, 0.05) is 19.6 Å². The van der Waals surface area contributed by atoms with Crippen LogP contribution < -0.4 is 22.9 Å². The zero-order valence-corrected chi connectivity index (χ0v) is 15.0. The van der Waals surface area contributed by atoms with Crippen LogP contribution in [0.1, 0.15) is 38.5 Å². The highest BCUT2D eigenvalue weighted by Crippen LogP contribution is 2.25. The molecule has 0 aromatic carbocycles. The molecule has 0 bridgehead atoms. The molecule has 2 aliphatic heterocycles. The van der Waals surface area contributed by atoms with Gasteiger partial charge in [-0.25, -0.2) is 0 Å². The van der Waals surface area contributed by atoms with Gasteiger partial charge < -0.3 is 32.7 Å². The van der Waals surface area contributed by atoms with Crippen LogP contribution in [0.4, 0.5) is 0 Å². The van der Waals surface area contributed by atoms with Crippen LogP contribution in [-0.4, -0.2) is 71.2 Å². The number of likely N-dealkylation sites (tertiary alicyclic amines) is 2. The smallest absolute Gasteiger partial charge is 0.246 e. The minimum atomic E-state index is -0.705. The summed E-state index contributed by atoms with van der Waals surface area (Å²) in [5, 5.41) is 0. The van der Waals surface area contributed by atoms with Gasteiger partial charge in [-0.1, -0.05) is 0 Å². The lowest BCUT2D eigenvalue weighted by Gasteiger charge is -2.31. The van der Waals surface area contributed by atoms with E-state index in [4.69, 9.17) is 22.9 Å². The Labute approximate surface area is 152 Å². The number of carbonyl (C=O) groups excluding carboxylic acids is 3. The standard InChI is InChI=1S/C16H29N7O3/c17-10(4-1-7-21-16(19)20)14(25)23-9-3-6-12(23)15(26)22-8-2-5-11(22)13(18)24/h10-12H,1-9,17H2,(H2,18,24)(H4,19,20,21)/t10-,11-,12-/m0/s1. The van der Waals surface area contributed by atoms with Crippen molar-refractivity contribution in [3.8, 4) is 0 Å². The van der Waals surface area contributed by atoms with E-state index in [-0.39, 0.29) is 17.8 Å². The molecule has 10 nitrogen and oxygen atoms in total. The molecule has 0 saturated carbocycles. The fourth-order valence-electron chi connectivity index (χ4n) is 3.66. The predicted molar refractivity (Wildman–Crippen MR) is 96.6 cm³/mol. The molecule has 26 heavy (non-hydrogen) atoms. The molecule has 0 radical (unpaired) electrons. The average molecular weight is 367 g/mol. The summed E-state index contributed by atoms with van der Waals surface area (Å²) in [5.41, 5.74) is 21.9. The molecule has 0 aromatic heterocycles. The first-order chi connectivity index (χ1) is 12.3. The number of carbonyl (C=O) groups is 3. The van der Waals surface area contributed by atoms with Crippen molar-refractivity contribution in [3.05, 3.63) is 0 Å². The lowest BCUT2D eigenvalue weighted by Crippen LogP contribution is -2.54. The zero-order chi connectivity index (χ0) is 19.3. The van der Waals surface area contributed by atoms with Gasteiger partial charge >= 0.3 is 0 Å². The summed E-state index contributed by atoms with van der Waals surface area (Å²) in [4.78, 5) is 44.0. The van der Waals surface area contributed by atoms with Gasteiger partial charge in [0.05, 0.1) is 6.04 Å². The van der Waals surface area contributed by atoms with Crippen LogP contribution in [0.2, 0.25) is 0 Å². The van der Waals surface area contributed by atoms with Crippen LogP contribution in [0.15, 0.2) is 4.99 Å². The highest BCUT2D eigenvalue weighted by Gasteiger charge is 2.42. The van der Waals surface area contributed by atoms with Gasteiger partial charge in [0.15, 0.2) is 5.96 Å². The van der Waals surface area contributed by atoms with Gasteiger partial charge in [-0.3, -0.25) is 19.4 Å². The molecule has 2 aliphatic rings. The Balaban J connectivity index is 1.95. The molecule has 0 aliphatic carbocycles. The maximum Gasteiger partial charge on any atom is 0.246 e. The Hall–Kier alpha value is -2.36. The fourth-order valence-corrected chi connectivity index (χ4v) is 3.66. The van der Waals surface area contributed by atoms with E-state index in [0.717, 1.165) is 12.8 Å². The Morgan fingerprint density at radius 1 is 1.00 bits per heavy atom. The molecule has 3 amide bonds. The minimum Gasteiger partial charge on any atom is -0.370 e. The lowest BCUT2D eigenvalue weighted by atomic mass is 10.1. The van der Waals surface area contributed by atoms with Gasteiger partial charge in [-0.15, -0.1) is 0 Å². The maximum absolute atomic E-state index is 12.9. The monoisotopic (exact) mass is 367 g/mol. The number of hydrogen-bond donors (Lipinski definition) is 4. The Morgan fingerprint density at radius 2 is 1.62 bits per heavy atom. The summed E-state index contributed by atoms with van der Waals surface area (Å²) in [5.74, 6) is -0.946. The minimum absolute atomic E-state index is 0.00437. The molecule has 8 N–H and O–H groups in total. The van der Waals surface area contributed by atoms with Gasteiger partial charge in [-0.05, 0) is 38.5 Å². The molecule has 0 aromatic rings. The lowest BCUT2D eigenvalue weighted by molar-refractivity contribution is -0.146. The van der Waals surface area contributed by atoms with Crippen molar-refractivity contribution in [1.29, 1.82) is 0 Å². The van der Waals surface area contributed by atoms with E-state index < -0.39 is 24.0 Å². The summed E-state index contributed by atoms with van der Waals surface area (Å²) in [6.07, 6.45) is 3.63. The van der Waals surface area contributed by atoms with Crippen LogP contribution in [0, 0.1) is 0 Å². The van der Waals surface area contributed by atoms with E-state index in [1.54, 1.807) is 4.90 Å². The van der Waals surface area contributed by atoms with Gasteiger partial charge in [-0.2, -0.15) is 0 Å². The van der Waals surface area contributed by atoms with E-state index in [1.165, 1.54) is 4.90 Å². The van der Waals surface area contributed by atoms with Crippen molar-refractivity contribution in [2.75, 3.05) is 19.6 Å². The Bertz CT molecular complexity index is 576. The average Bonchev–Trinajstić information content (AvgIpc) is 3.25. The molecular formula is C16H29N7O3. The number of amides is 3. The van der Waals surface area contributed by atoms with Crippen LogP contribution >= 0.6 is 0 Å². The summed E-state index contributed by atoms with van der Waals surface area (Å²) < 4.78 is 0. The number of aliphatic imine (C=N–C) groups is 1. The number of primary amides is 1. The highest BCUT2D eigenvalue weighted by molar-refractivity contribution is 5.93. The third kappa shape index (κ3) is 4.63. The summed E-state index contributed by atoms with van der Waals surface area (Å²) in [6, 6.07) is -1.84. The van der Waals surface area contributed by atoms with E-state index in [1.807, 2.05) is 0 Å². The van der Waals surface area contributed by atoms with Crippen LogP contribution in [0.5, 0.6) is 0 Å². The van der Waals surface area contributed by atoms with Crippen LogP contribution in [0.3, 0.4) is 0 Å². The van der Waals surface area contributed by atoms with E-state index in [0.29, 0.717) is 45.3 Å². The number of rotatable bonds is 7. The zero-order valence-electron chi connectivity index (χ0n) is 15.0. The maximum atomic E-state index is 12.9. The Kier molecular flexibility index (Phi) is 6.78. The molecule has 2 rings (SSSR count). The van der Waals surface area contributed by atoms with Crippen molar-refractivity contribution in [2.24, 2.45) is 27.9 Å². The molecule has 2 heterocycles. The van der Waals surface area contributed by atoms with Gasteiger partial charge in [0.2, 0.25) is 17.7 Å². The first-order valence-corrected chi connectivity index (χ1v) is 9.04. The molecule has 0 spiro atoms. The second-order valence-corrected chi connectivity index (χ2v) is 6.84. The SMILES string of the molecule is NC(=O)[C@@H]1CCCN1C(=O)[C@@H]1CCCN1C(=O)[C@@H](N)CCCN=C(N)N. The predicted octanol–water partition coefficient (Wildman–Crippen LogP) is -2.17. The number of hydrogen-bond acceptors (Lipinski definition) is 5. The topological polar surface area (TPSA) is 174 Å². The number of guanidine groups is 1. The molecule has 2 saturated heterocycles. The number of nitrogens with two attached hydrogens (primary N) is 4. The molecule has 10 heteroatoms. The second-order valence-electron chi connectivity index (χ2n) is 6.84. The van der Waals surface area contributed by atoms with Gasteiger partial charge in [0.1, 0.15) is 12.1 Å². The number of nitrogens with zero attached hydrogens (tertiary/aromatic N) is 3.